The number of nitro benzene ring substituents is 1. The zero-order chi connectivity index (χ0) is 15.4. The van der Waals surface area contributed by atoms with Crippen molar-refractivity contribution in [3.63, 3.8) is 0 Å². The molecule has 0 fully saturated rings. The van der Waals surface area contributed by atoms with E-state index < -0.39 is 27.9 Å². The Kier molecular flexibility index (Phi) is 3.99. The van der Waals surface area contributed by atoms with E-state index in [2.05, 4.69) is 15.3 Å². The minimum atomic E-state index is -1.14. The molecule has 1 aromatic heterocycles. The Morgan fingerprint density at radius 3 is 2.48 bits per heavy atom. The predicted molar refractivity (Wildman–Crippen MR) is 67.1 cm³/mol. The first-order valence-corrected chi connectivity index (χ1v) is 5.60. The lowest BCUT2D eigenvalue weighted by Crippen LogP contribution is -2.07. The van der Waals surface area contributed by atoms with Gasteiger partial charge < -0.3 is 5.32 Å². The second-order valence-corrected chi connectivity index (χ2v) is 3.89. The summed E-state index contributed by atoms with van der Waals surface area (Å²) in [5.41, 5.74) is -1.07. The summed E-state index contributed by atoms with van der Waals surface area (Å²) >= 11 is 0. The van der Waals surface area contributed by atoms with Crippen LogP contribution >= 0.6 is 0 Å². The van der Waals surface area contributed by atoms with Gasteiger partial charge in [0.25, 0.3) is 0 Å². The second kappa shape index (κ2) is 5.87. The van der Waals surface area contributed by atoms with Crippen molar-refractivity contribution in [2.45, 2.75) is 6.54 Å². The first-order chi connectivity index (χ1) is 10.0. The molecule has 0 bridgehead atoms. The van der Waals surface area contributed by atoms with E-state index in [0.29, 0.717) is 11.6 Å². The molecule has 7 nitrogen and oxygen atoms in total. The van der Waals surface area contributed by atoms with Gasteiger partial charge >= 0.3 is 5.69 Å². The molecule has 0 saturated heterocycles. The fourth-order valence-electron chi connectivity index (χ4n) is 1.58. The third kappa shape index (κ3) is 3.06. The average Bonchev–Trinajstić information content (AvgIpc) is 2.48. The van der Waals surface area contributed by atoms with Gasteiger partial charge in [-0.05, 0) is 12.1 Å². The number of nitro groups is 1. The Morgan fingerprint density at radius 1 is 1.29 bits per heavy atom. The zero-order valence-electron chi connectivity index (χ0n) is 10.4. The summed E-state index contributed by atoms with van der Waals surface area (Å²) in [6, 6.07) is 3.20. The van der Waals surface area contributed by atoms with E-state index in [1.54, 1.807) is 6.07 Å². The van der Waals surface area contributed by atoms with Crippen molar-refractivity contribution in [1.29, 1.82) is 5.26 Å². The SMILES string of the molecule is N#Cc1ncc(CNc2c(F)ccc(F)c2[N+](=O)[O-])cn1. The summed E-state index contributed by atoms with van der Waals surface area (Å²) in [6.07, 6.45) is 2.61. The van der Waals surface area contributed by atoms with Crippen LogP contribution in [0.1, 0.15) is 11.4 Å². The highest BCUT2D eigenvalue weighted by atomic mass is 19.1. The summed E-state index contributed by atoms with van der Waals surface area (Å²) in [4.78, 5) is 17.2. The van der Waals surface area contributed by atoms with Crippen LogP contribution in [0.4, 0.5) is 20.2 Å². The fourth-order valence-corrected chi connectivity index (χ4v) is 1.58. The topological polar surface area (TPSA) is 105 Å². The van der Waals surface area contributed by atoms with E-state index in [-0.39, 0.29) is 12.4 Å². The van der Waals surface area contributed by atoms with Crippen LogP contribution in [0.2, 0.25) is 0 Å². The summed E-state index contributed by atoms with van der Waals surface area (Å²) in [7, 11) is 0. The van der Waals surface area contributed by atoms with Gasteiger partial charge in [0.05, 0.1) is 4.92 Å². The number of halogens is 2. The second-order valence-electron chi connectivity index (χ2n) is 3.89. The molecule has 0 amide bonds. The number of nitrogens with one attached hydrogen (secondary N) is 1. The van der Waals surface area contributed by atoms with Crippen molar-refractivity contribution >= 4 is 11.4 Å². The molecule has 1 aromatic carbocycles. The molecule has 0 saturated carbocycles. The largest absolute Gasteiger partial charge is 0.373 e. The van der Waals surface area contributed by atoms with Crippen molar-refractivity contribution in [1.82, 2.24) is 9.97 Å². The normalized spacial score (nSPS) is 9.95. The lowest BCUT2D eigenvalue weighted by molar-refractivity contribution is -0.386. The maximum atomic E-state index is 13.6. The molecule has 0 aliphatic carbocycles. The molecule has 0 radical (unpaired) electrons. The molecule has 2 aromatic rings. The molecule has 0 spiro atoms. The number of anilines is 1. The molecule has 0 unspecified atom stereocenters. The van der Waals surface area contributed by atoms with E-state index in [0.717, 1.165) is 6.07 Å². The van der Waals surface area contributed by atoms with E-state index in [1.807, 2.05) is 0 Å². The van der Waals surface area contributed by atoms with Crippen molar-refractivity contribution in [3.8, 4) is 6.07 Å². The Hall–Kier alpha value is -3.15. The third-order valence-electron chi connectivity index (χ3n) is 2.54. The Labute approximate surface area is 117 Å². The maximum absolute atomic E-state index is 13.6. The number of benzene rings is 1. The van der Waals surface area contributed by atoms with Gasteiger partial charge in [-0.25, -0.2) is 14.4 Å². The zero-order valence-corrected chi connectivity index (χ0v) is 10.4. The molecule has 2 rings (SSSR count). The summed E-state index contributed by atoms with van der Waals surface area (Å²) in [6.45, 7) is -0.0626. The van der Waals surface area contributed by atoms with Crippen molar-refractivity contribution in [3.05, 3.63) is 57.7 Å². The molecule has 0 aliphatic heterocycles. The van der Waals surface area contributed by atoms with Crippen molar-refractivity contribution in [2.75, 3.05) is 5.32 Å². The standard InChI is InChI=1S/C12H7F2N5O2/c13-8-1-2-9(14)12(19(20)21)11(8)18-6-7-4-16-10(3-15)17-5-7/h1-2,4-5,18H,6H2. The van der Waals surface area contributed by atoms with Crippen LogP contribution in [0.5, 0.6) is 0 Å². The molecule has 106 valence electrons. The van der Waals surface area contributed by atoms with Gasteiger partial charge in [0, 0.05) is 24.5 Å². The van der Waals surface area contributed by atoms with Gasteiger partial charge in [0.2, 0.25) is 11.6 Å². The number of nitrogens with zero attached hydrogens (tertiary/aromatic N) is 4. The van der Waals surface area contributed by atoms with Gasteiger partial charge in [-0.3, -0.25) is 10.1 Å². The minimum absolute atomic E-state index is 0.0401. The van der Waals surface area contributed by atoms with Gasteiger partial charge in [0.1, 0.15) is 6.07 Å². The molecule has 9 heteroatoms. The summed E-state index contributed by atoms with van der Waals surface area (Å²) in [5, 5.41) is 21.8. The first-order valence-electron chi connectivity index (χ1n) is 5.60. The molecule has 1 heterocycles. The Balaban J connectivity index is 2.25. The molecular formula is C12H7F2N5O2. The highest BCUT2D eigenvalue weighted by Gasteiger charge is 2.23. The monoisotopic (exact) mass is 291 g/mol. The Bertz CT molecular complexity index is 728. The highest BCUT2D eigenvalue weighted by Crippen LogP contribution is 2.30. The number of hydrogen-bond acceptors (Lipinski definition) is 6. The van der Waals surface area contributed by atoms with Gasteiger partial charge in [-0.2, -0.15) is 9.65 Å². The number of rotatable bonds is 4. The molecule has 21 heavy (non-hydrogen) atoms. The average molecular weight is 291 g/mol. The van der Waals surface area contributed by atoms with E-state index in [9.17, 15) is 18.9 Å². The summed E-state index contributed by atoms with van der Waals surface area (Å²) < 4.78 is 27.0. The van der Waals surface area contributed by atoms with E-state index >= 15 is 0 Å². The lowest BCUT2D eigenvalue weighted by atomic mass is 10.2. The van der Waals surface area contributed by atoms with Crippen LogP contribution in [-0.2, 0) is 6.54 Å². The fraction of sp³-hybridized carbons (Fsp3) is 0.0833. The van der Waals surface area contributed by atoms with Gasteiger partial charge in [0.15, 0.2) is 11.5 Å². The van der Waals surface area contributed by atoms with Crippen LogP contribution in [0.25, 0.3) is 0 Å². The molecule has 0 atom stereocenters. The number of aromatic nitrogens is 2. The van der Waals surface area contributed by atoms with Gasteiger partial charge in [-0.1, -0.05) is 0 Å². The van der Waals surface area contributed by atoms with Crippen LogP contribution in [0.3, 0.4) is 0 Å². The van der Waals surface area contributed by atoms with Crippen LogP contribution in [0, 0.1) is 33.1 Å². The molecule has 1 N–H and O–H groups in total. The smallest absolute Gasteiger partial charge is 0.330 e. The summed E-state index contributed by atoms with van der Waals surface area (Å²) in [5.74, 6) is -2.13. The van der Waals surface area contributed by atoms with E-state index in [4.69, 9.17) is 5.26 Å². The van der Waals surface area contributed by atoms with Crippen LogP contribution in [0.15, 0.2) is 24.5 Å². The predicted octanol–water partition coefficient (Wildman–Crippen LogP) is 2.15. The van der Waals surface area contributed by atoms with Crippen molar-refractivity contribution in [2.24, 2.45) is 0 Å². The lowest BCUT2D eigenvalue weighted by Gasteiger charge is -2.08. The third-order valence-corrected chi connectivity index (χ3v) is 2.54. The maximum Gasteiger partial charge on any atom is 0.330 e. The molecule has 0 aliphatic rings. The highest BCUT2D eigenvalue weighted by molar-refractivity contribution is 5.63. The first kappa shape index (κ1) is 14.3. The van der Waals surface area contributed by atoms with Crippen LogP contribution < -0.4 is 5.32 Å². The van der Waals surface area contributed by atoms with E-state index in [1.165, 1.54) is 12.4 Å². The minimum Gasteiger partial charge on any atom is -0.373 e. The number of hydrogen-bond donors (Lipinski definition) is 1. The molecular weight excluding hydrogens is 284 g/mol. The van der Waals surface area contributed by atoms with Gasteiger partial charge in [-0.15, -0.1) is 0 Å². The van der Waals surface area contributed by atoms with Crippen LogP contribution in [-0.4, -0.2) is 14.9 Å². The number of nitriles is 1. The quantitative estimate of drug-likeness (QED) is 0.683. The Morgan fingerprint density at radius 2 is 1.90 bits per heavy atom. The van der Waals surface area contributed by atoms with Crippen molar-refractivity contribution < 1.29 is 13.7 Å².